The molecule has 0 unspecified atom stereocenters. The molecule has 1 saturated carbocycles. The van der Waals surface area contributed by atoms with Crippen molar-refractivity contribution in [3.8, 4) is 0 Å². The van der Waals surface area contributed by atoms with Crippen molar-refractivity contribution >= 4 is 22.6 Å². The van der Waals surface area contributed by atoms with Gasteiger partial charge in [-0.2, -0.15) is 0 Å². The summed E-state index contributed by atoms with van der Waals surface area (Å²) in [5, 5.41) is 0. The van der Waals surface area contributed by atoms with Crippen LogP contribution in [0.2, 0.25) is 0 Å². The first-order valence-corrected chi connectivity index (χ1v) is 6.52. The number of likely N-dealkylation sites (N-methyl/N-ethyl adjacent to an activating group) is 1. The summed E-state index contributed by atoms with van der Waals surface area (Å²) in [4.78, 5) is 18.2. The molecule has 1 aliphatic carbocycles. The maximum Gasteiger partial charge on any atom is 0.242 e. The summed E-state index contributed by atoms with van der Waals surface area (Å²) in [7, 11) is 3.55. The molecule has 0 atom stereocenters. The topological polar surface area (TPSA) is 64.2 Å². The molecule has 5 nitrogen and oxygen atoms in total. The SMILES string of the molecule is CN(C)C(=O)Cn1c(C2CC2)nc2cc(N)ccc21. The van der Waals surface area contributed by atoms with Crippen LogP contribution in [0.3, 0.4) is 0 Å². The van der Waals surface area contributed by atoms with Gasteiger partial charge in [-0.25, -0.2) is 4.98 Å². The van der Waals surface area contributed by atoms with Crippen LogP contribution in [-0.2, 0) is 11.3 Å². The van der Waals surface area contributed by atoms with Crippen LogP contribution in [0.25, 0.3) is 11.0 Å². The predicted octanol–water partition coefficient (Wildman–Crippen LogP) is 1.58. The molecule has 5 heteroatoms. The fraction of sp³-hybridized carbons (Fsp3) is 0.429. The van der Waals surface area contributed by atoms with E-state index in [-0.39, 0.29) is 5.91 Å². The summed E-state index contributed by atoms with van der Waals surface area (Å²) in [5.41, 5.74) is 8.38. The largest absolute Gasteiger partial charge is 0.399 e. The zero-order chi connectivity index (χ0) is 13.6. The summed E-state index contributed by atoms with van der Waals surface area (Å²) in [5.74, 6) is 1.61. The third-order valence-corrected chi connectivity index (χ3v) is 3.54. The summed E-state index contributed by atoms with van der Waals surface area (Å²) in [6.07, 6.45) is 2.32. The second-order valence-electron chi connectivity index (χ2n) is 5.37. The number of hydrogen-bond donors (Lipinski definition) is 1. The standard InChI is InChI=1S/C14H18N4O/c1-17(2)13(19)8-18-12-6-5-10(15)7-11(12)16-14(18)9-3-4-9/h5-7,9H,3-4,8,15H2,1-2H3. The fourth-order valence-corrected chi connectivity index (χ4v) is 2.26. The molecular weight excluding hydrogens is 240 g/mol. The Hall–Kier alpha value is -2.04. The van der Waals surface area contributed by atoms with E-state index in [1.807, 2.05) is 22.8 Å². The highest BCUT2D eigenvalue weighted by Gasteiger charge is 2.30. The zero-order valence-corrected chi connectivity index (χ0v) is 11.3. The number of amides is 1. The second kappa shape index (κ2) is 4.26. The first-order valence-electron chi connectivity index (χ1n) is 6.52. The number of anilines is 1. The van der Waals surface area contributed by atoms with Crippen LogP contribution in [0, 0.1) is 0 Å². The van der Waals surface area contributed by atoms with Gasteiger partial charge >= 0.3 is 0 Å². The van der Waals surface area contributed by atoms with Gasteiger partial charge in [0.2, 0.25) is 5.91 Å². The molecule has 1 amide bonds. The summed E-state index contributed by atoms with van der Waals surface area (Å²) in [6.45, 7) is 0.346. The Morgan fingerprint density at radius 2 is 2.21 bits per heavy atom. The number of carbonyl (C=O) groups excluding carboxylic acids is 1. The van der Waals surface area contributed by atoms with E-state index in [0.29, 0.717) is 18.2 Å². The first kappa shape index (κ1) is 12.0. The molecule has 1 heterocycles. The molecule has 0 radical (unpaired) electrons. The van der Waals surface area contributed by atoms with E-state index in [1.54, 1.807) is 19.0 Å². The molecule has 3 rings (SSSR count). The third kappa shape index (κ3) is 2.16. The number of carbonyl (C=O) groups is 1. The van der Waals surface area contributed by atoms with Crippen molar-refractivity contribution in [1.29, 1.82) is 0 Å². The van der Waals surface area contributed by atoms with Gasteiger partial charge in [-0.1, -0.05) is 0 Å². The highest BCUT2D eigenvalue weighted by atomic mass is 16.2. The van der Waals surface area contributed by atoms with Gasteiger partial charge in [0.15, 0.2) is 0 Å². The lowest BCUT2D eigenvalue weighted by Crippen LogP contribution is -2.26. The Morgan fingerprint density at radius 1 is 1.47 bits per heavy atom. The lowest BCUT2D eigenvalue weighted by molar-refractivity contribution is -0.129. The molecule has 0 aliphatic heterocycles. The van der Waals surface area contributed by atoms with Gasteiger partial charge in [0.1, 0.15) is 12.4 Å². The van der Waals surface area contributed by atoms with E-state index in [0.717, 1.165) is 29.7 Å². The Balaban J connectivity index is 2.08. The van der Waals surface area contributed by atoms with Gasteiger partial charge in [-0.15, -0.1) is 0 Å². The molecule has 0 spiro atoms. The van der Waals surface area contributed by atoms with Crippen molar-refractivity contribution in [2.75, 3.05) is 19.8 Å². The maximum absolute atomic E-state index is 12.0. The van der Waals surface area contributed by atoms with E-state index < -0.39 is 0 Å². The normalized spacial score (nSPS) is 14.8. The van der Waals surface area contributed by atoms with E-state index >= 15 is 0 Å². The quantitative estimate of drug-likeness (QED) is 0.850. The maximum atomic E-state index is 12.0. The van der Waals surface area contributed by atoms with Crippen LogP contribution < -0.4 is 5.73 Å². The monoisotopic (exact) mass is 258 g/mol. The van der Waals surface area contributed by atoms with Gasteiger partial charge in [-0.05, 0) is 31.0 Å². The summed E-state index contributed by atoms with van der Waals surface area (Å²) >= 11 is 0. The van der Waals surface area contributed by atoms with Crippen LogP contribution in [0.5, 0.6) is 0 Å². The van der Waals surface area contributed by atoms with Crippen LogP contribution in [-0.4, -0.2) is 34.5 Å². The number of nitrogen functional groups attached to an aromatic ring is 1. The van der Waals surface area contributed by atoms with Crippen molar-refractivity contribution in [3.05, 3.63) is 24.0 Å². The van der Waals surface area contributed by atoms with E-state index in [2.05, 4.69) is 4.98 Å². The number of nitrogens with two attached hydrogens (primary N) is 1. The average Bonchev–Trinajstić information content (AvgIpc) is 3.13. The minimum absolute atomic E-state index is 0.0815. The van der Waals surface area contributed by atoms with Gasteiger partial charge in [0.25, 0.3) is 0 Å². The third-order valence-electron chi connectivity index (χ3n) is 3.54. The van der Waals surface area contributed by atoms with Gasteiger partial charge in [-0.3, -0.25) is 4.79 Å². The minimum Gasteiger partial charge on any atom is -0.399 e. The number of benzene rings is 1. The highest BCUT2D eigenvalue weighted by Crippen LogP contribution is 2.40. The number of rotatable bonds is 3. The first-order chi connectivity index (χ1) is 9.06. The Labute approximate surface area is 112 Å². The Bertz CT molecular complexity index is 640. The smallest absolute Gasteiger partial charge is 0.242 e. The molecule has 19 heavy (non-hydrogen) atoms. The molecule has 0 saturated heterocycles. The number of imidazole rings is 1. The Morgan fingerprint density at radius 3 is 2.84 bits per heavy atom. The van der Waals surface area contributed by atoms with Gasteiger partial charge in [0.05, 0.1) is 11.0 Å². The van der Waals surface area contributed by atoms with Gasteiger partial charge in [0, 0.05) is 25.7 Å². The molecule has 0 bridgehead atoms. The Kier molecular flexibility index (Phi) is 2.69. The molecule has 1 fully saturated rings. The number of aromatic nitrogens is 2. The van der Waals surface area contributed by atoms with Crippen LogP contribution in [0.15, 0.2) is 18.2 Å². The van der Waals surface area contributed by atoms with E-state index in [4.69, 9.17) is 5.73 Å². The molecule has 100 valence electrons. The number of nitrogens with zero attached hydrogens (tertiary/aromatic N) is 3. The van der Waals surface area contributed by atoms with E-state index in [9.17, 15) is 4.79 Å². The van der Waals surface area contributed by atoms with Crippen LogP contribution >= 0.6 is 0 Å². The highest BCUT2D eigenvalue weighted by molar-refractivity contribution is 5.83. The fourth-order valence-electron chi connectivity index (χ4n) is 2.26. The molecule has 2 aromatic rings. The molecule has 1 aromatic heterocycles. The summed E-state index contributed by atoms with van der Waals surface area (Å²) < 4.78 is 2.04. The molecular formula is C14H18N4O. The van der Waals surface area contributed by atoms with Crippen LogP contribution in [0.4, 0.5) is 5.69 Å². The van der Waals surface area contributed by atoms with E-state index in [1.165, 1.54) is 0 Å². The van der Waals surface area contributed by atoms with Crippen molar-refractivity contribution < 1.29 is 4.79 Å². The van der Waals surface area contributed by atoms with Crippen LogP contribution in [0.1, 0.15) is 24.6 Å². The van der Waals surface area contributed by atoms with Crippen molar-refractivity contribution in [2.45, 2.75) is 25.3 Å². The second-order valence-corrected chi connectivity index (χ2v) is 5.37. The minimum atomic E-state index is 0.0815. The lowest BCUT2D eigenvalue weighted by atomic mass is 10.3. The van der Waals surface area contributed by atoms with Crippen molar-refractivity contribution in [2.24, 2.45) is 0 Å². The van der Waals surface area contributed by atoms with Crippen molar-refractivity contribution in [1.82, 2.24) is 14.5 Å². The zero-order valence-electron chi connectivity index (χ0n) is 11.3. The number of fused-ring (bicyclic) bond motifs is 1. The van der Waals surface area contributed by atoms with Crippen molar-refractivity contribution in [3.63, 3.8) is 0 Å². The lowest BCUT2D eigenvalue weighted by Gasteiger charge is -2.13. The predicted molar refractivity (Wildman–Crippen MR) is 74.8 cm³/mol. The number of hydrogen-bond acceptors (Lipinski definition) is 3. The summed E-state index contributed by atoms with van der Waals surface area (Å²) in [6, 6.07) is 5.68. The molecule has 2 N–H and O–H groups in total. The molecule has 1 aliphatic rings. The molecule has 1 aromatic carbocycles. The van der Waals surface area contributed by atoms with Gasteiger partial charge < -0.3 is 15.2 Å². The average molecular weight is 258 g/mol.